The number of anilines is 1. The van der Waals surface area contributed by atoms with Crippen LogP contribution < -0.4 is 5.32 Å². The third-order valence-corrected chi connectivity index (χ3v) is 6.75. The molecule has 2 aromatic heterocycles. The summed E-state index contributed by atoms with van der Waals surface area (Å²) in [5.41, 5.74) is 3.24. The van der Waals surface area contributed by atoms with E-state index in [2.05, 4.69) is 51.7 Å². The smallest absolute Gasteiger partial charge is 0.239 e. The molecule has 1 atom stereocenters. The van der Waals surface area contributed by atoms with Crippen molar-refractivity contribution in [2.45, 2.75) is 49.4 Å². The number of nitrogens with one attached hydrogen (secondary N) is 1. The number of thioether (sulfide) groups is 1. The maximum Gasteiger partial charge on any atom is 0.239 e. The average Bonchev–Trinajstić information content (AvgIpc) is 3.34. The van der Waals surface area contributed by atoms with Crippen LogP contribution in [0.25, 0.3) is 11.3 Å². The molecule has 146 valence electrons. The molecule has 3 aromatic rings. The van der Waals surface area contributed by atoms with E-state index < -0.39 is 0 Å². The summed E-state index contributed by atoms with van der Waals surface area (Å²) in [6, 6.07) is 8.37. The van der Waals surface area contributed by atoms with Crippen LogP contribution in [0.15, 0.2) is 34.8 Å². The van der Waals surface area contributed by atoms with Crippen LogP contribution in [-0.4, -0.2) is 30.9 Å². The predicted octanol–water partition coefficient (Wildman–Crippen LogP) is 4.50. The first-order valence-corrected chi connectivity index (χ1v) is 11.2. The Balaban J connectivity index is 1.38. The molecule has 4 rings (SSSR count). The number of nitrogens with zero attached hydrogens (tertiary/aromatic N) is 4. The van der Waals surface area contributed by atoms with E-state index in [9.17, 15) is 4.79 Å². The lowest BCUT2D eigenvalue weighted by Crippen LogP contribution is -2.22. The van der Waals surface area contributed by atoms with Gasteiger partial charge in [-0.3, -0.25) is 4.79 Å². The molecule has 0 unspecified atom stereocenters. The van der Waals surface area contributed by atoms with Crippen molar-refractivity contribution < 1.29 is 4.79 Å². The number of rotatable bonds is 7. The maximum absolute atomic E-state index is 12.6. The molecule has 0 bridgehead atoms. The van der Waals surface area contributed by atoms with Crippen molar-refractivity contribution in [1.82, 2.24) is 19.7 Å². The third kappa shape index (κ3) is 4.12. The monoisotopic (exact) mass is 413 g/mol. The number of amides is 1. The second-order valence-corrected chi connectivity index (χ2v) is 9.18. The van der Waals surface area contributed by atoms with Crippen molar-refractivity contribution in [2.75, 3.05) is 5.32 Å². The quantitative estimate of drug-likeness (QED) is 0.578. The zero-order chi connectivity index (χ0) is 19.7. The fourth-order valence-electron chi connectivity index (χ4n) is 2.92. The SMILES string of the molecule is CCc1ccc(-c2csc(NC(=O)[C@H](C)Sc3nnc(C4CC4)n3C)n2)cc1. The Morgan fingerprint density at radius 3 is 2.75 bits per heavy atom. The molecule has 0 spiro atoms. The Morgan fingerprint density at radius 2 is 2.07 bits per heavy atom. The Bertz CT molecular complexity index is 975. The summed E-state index contributed by atoms with van der Waals surface area (Å²) in [5.74, 6) is 1.48. The second kappa shape index (κ2) is 8.05. The number of thiazole rings is 1. The minimum Gasteiger partial charge on any atom is -0.309 e. The first-order valence-electron chi connectivity index (χ1n) is 9.46. The van der Waals surface area contributed by atoms with Crippen molar-refractivity contribution in [2.24, 2.45) is 7.05 Å². The summed E-state index contributed by atoms with van der Waals surface area (Å²) >= 11 is 2.87. The van der Waals surface area contributed by atoms with Crippen molar-refractivity contribution in [3.63, 3.8) is 0 Å². The summed E-state index contributed by atoms with van der Waals surface area (Å²) in [5, 5.41) is 14.5. The third-order valence-electron chi connectivity index (χ3n) is 4.85. The zero-order valence-electron chi connectivity index (χ0n) is 16.2. The van der Waals surface area contributed by atoms with Gasteiger partial charge in [0.1, 0.15) is 5.82 Å². The molecule has 1 amide bonds. The van der Waals surface area contributed by atoms with E-state index in [0.717, 1.165) is 28.7 Å². The largest absolute Gasteiger partial charge is 0.309 e. The summed E-state index contributed by atoms with van der Waals surface area (Å²) in [7, 11) is 1.97. The van der Waals surface area contributed by atoms with Crippen LogP contribution in [0.4, 0.5) is 5.13 Å². The molecular weight excluding hydrogens is 390 g/mol. The van der Waals surface area contributed by atoms with Gasteiger partial charge in [0.25, 0.3) is 0 Å². The van der Waals surface area contributed by atoms with Gasteiger partial charge in [-0.1, -0.05) is 43.0 Å². The van der Waals surface area contributed by atoms with Gasteiger partial charge >= 0.3 is 0 Å². The van der Waals surface area contributed by atoms with Gasteiger partial charge in [0, 0.05) is 23.9 Å². The van der Waals surface area contributed by atoms with Gasteiger partial charge in [-0.25, -0.2) is 4.98 Å². The van der Waals surface area contributed by atoms with E-state index in [1.807, 2.05) is 23.9 Å². The molecule has 1 N–H and O–H groups in total. The van der Waals surface area contributed by atoms with Gasteiger partial charge < -0.3 is 9.88 Å². The highest BCUT2D eigenvalue weighted by Gasteiger charge is 2.30. The Kier molecular flexibility index (Phi) is 5.50. The van der Waals surface area contributed by atoms with E-state index in [-0.39, 0.29) is 11.2 Å². The van der Waals surface area contributed by atoms with Crippen molar-refractivity contribution in [3.8, 4) is 11.3 Å². The summed E-state index contributed by atoms with van der Waals surface area (Å²) < 4.78 is 2.01. The highest BCUT2D eigenvalue weighted by molar-refractivity contribution is 8.00. The lowest BCUT2D eigenvalue weighted by atomic mass is 10.1. The van der Waals surface area contributed by atoms with Gasteiger partial charge in [0.15, 0.2) is 10.3 Å². The number of carbonyl (C=O) groups is 1. The highest BCUT2D eigenvalue weighted by atomic mass is 32.2. The zero-order valence-corrected chi connectivity index (χ0v) is 17.8. The molecule has 8 heteroatoms. The van der Waals surface area contributed by atoms with E-state index in [4.69, 9.17) is 0 Å². The molecule has 1 aliphatic carbocycles. The molecular formula is C20H23N5OS2. The molecule has 6 nitrogen and oxygen atoms in total. The Hall–Kier alpha value is -2.19. The Labute approximate surface area is 172 Å². The molecule has 1 saturated carbocycles. The number of aryl methyl sites for hydroxylation is 1. The number of hydrogen-bond donors (Lipinski definition) is 1. The number of carbonyl (C=O) groups excluding carboxylic acids is 1. The lowest BCUT2D eigenvalue weighted by Gasteiger charge is -2.10. The molecule has 28 heavy (non-hydrogen) atoms. The fraction of sp³-hybridized carbons (Fsp3) is 0.400. The molecule has 2 heterocycles. The number of aromatic nitrogens is 4. The second-order valence-electron chi connectivity index (χ2n) is 7.01. The van der Waals surface area contributed by atoms with Crippen LogP contribution in [0.5, 0.6) is 0 Å². The lowest BCUT2D eigenvalue weighted by molar-refractivity contribution is -0.115. The van der Waals surface area contributed by atoms with E-state index in [0.29, 0.717) is 11.0 Å². The van der Waals surface area contributed by atoms with Crippen molar-refractivity contribution >= 4 is 34.1 Å². The molecule has 0 aliphatic heterocycles. The van der Waals surface area contributed by atoms with Gasteiger partial charge in [0.05, 0.1) is 10.9 Å². The van der Waals surface area contributed by atoms with E-state index >= 15 is 0 Å². The van der Waals surface area contributed by atoms with Crippen LogP contribution in [0, 0.1) is 0 Å². The minimum absolute atomic E-state index is 0.0804. The first kappa shape index (κ1) is 19.1. The molecule has 0 saturated heterocycles. The molecule has 1 fully saturated rings. The van der Waals surface area contributed by atoms with Gasteiger partial charge in [-0.15, -0.1) is 21.5 Å². The van der Waals surface area contributed by atoms with Crippen LogP contribution >= 0.6 is 23.1 Å². The average molecular weight is 414 g/mol. The molecule has 1 aliphatic rings. The van der Waals surface area contributed by atoms with E-state index in [1.54, 1.807) is 0 Å². The Morgan fingerprint density at radius 1 is 1.32 bits per heavy atom. The van der Waals surface area contributed by atoms with Crippen LogP contribution in [-0.2, 0) is 18.3 Å². The van der Waals surface area contributed by atoms with Crippen LogP contribution in [0.1, 0.15) is 44.0 Å². The first-order chi connectivity index (χ1) is 13.5. The molecule has 1 aromatic carbocycles. The summed E-state index contributed by atoms with van der Waals surface area (Å²) in [4.78, 5) is 17.2. The van der Waals surface area contributed by atoms with Crippen molar-refractivity contribution in [3.05, 3.63) is 41.0 Å². The number of benzene rings is 1. The number of hydrogen-bond acceptors (Lipinski definition) is 6. The van der Waals surface area contributed by atoms with Gasteiger partial charge in [-0.05, 0) is 31.7 Å². The summed E-state index contributed by atoms with van der Waals surface area (Å²) in [6.07, 6.45) is 3.38. The van der Waals surface area contributed by atoms with Crippen LogP contribution in [0.3, 0.4) is 0 Å². The normalized spacial score (nSPS) is 14.8. The maximum atomic E-state index is 12.6. The standard InChI is InChI=1S/C20H23N5OS2/c1-4-13-5-7-14(8-6-13)16-11-27-19(21-16)22-18(26)12(2)28-20-24-23-17(25(20)3)15-9-10-15/h5-8,11-12,15H,4,9-10H2,1-3H3,(H,21,22,26)/t12-/m0/s1. The topological polar surface area (TPSA) is 72.7 Å². The van der Waals surface area contributed by atoms with Crippen molar-refractivity contribution in [1.29, 1.82) is 0 Å². The highest BCUT2D eigenvalue weighted by Crippen LogP contribution is 2.39. The summed E-state index contributed by atoms with van der Waals surface area (Å²) in [6.45, 7) is 4.02. The fourth-order valence-corrected chi connectivity index (χ4v) is 4.46. The van der Waals surface area contributed by atoms with Crippen LogP contribution in [0.2, 0.25) is 0 Å². The molecule has 0 radical (unpaired) electrons. The van der Waals surface area contributed by atoms with Gasteiger partial charge in [-0.2, -0.15) is 0 Å². The van der Waals surface area contributed by atoms with E-state index in [1.165, 1.54) is 41.5 Å². The minimum atomic E-state index is -0.286. The van der Waals surface area contributed by atoms with Gasteiger partial charge in [0.2, 0.25) is 5.91 Å². The predicted molar refractivity (Wildman–Crippen MR) is 114 cm³/mol.